The lowest BCUT2D eigenvalue weighted by atomic mass is 10.0. The molecule has 0 spiro atoms. The highest BCUT2D eigenvalue weighted by atomic mass is 19.1. The van der Waals surface area contributed by atoms with Crippen LogP contribution in [0.25, 0.3) is 0 Å². The predicted octanol–water partition coefficient (Wildman–Crippen LogP) is 1.22. The van der Waals surface area contributed by atoms with Crippen LogP contribution in [0.15, 0.2) is 24.3 Å². The van der Waals surface area contributed by atoms with Gasteiger partial charge in [0.1, 0.15) is 5.82 Å². The van der Waals surface area contributed by atoms with Crippen molar-refractivity contribution >= 4 is 0 Å². The summed E-state index contributed by atoms with van der Waals surface area (Å²) in [7, 11) is 0. The van der Waals surface area contributed by atoms with Crippen LogP contribution in [0.4, 0.5) is 4.39 Å². The first kappa shape index (κ1) is 8.66. The Morgan fingerprint density at radius 1 is 1.38 bits per heavy atom. The van der Waals surface area contributed by atoms with Gasteiger partial charge in [0.25, 0.3) is 0 Å². The largest absolute Gasteiger partial charge is 0.392 e. The number of benzene rings is 1. The minimum absolute atomic E-state index is 0.0313. The molecule has 1 aliphatic rings. The first-order chi connectivity index (χ1) is 6.27. The molecule has 1 aliphatic heterocycles. The third kappa shape index (κ3) is 1.71. The fourth-order valence-electron chi connectivity index (χ4n) is 1.71. The van der Waals surface area contributed by atoms with E-state index in [9.17, 15) is 9.50 Å². The summed E-state index contributed by atoms with van der Waals surface area (Å²) >= 11 is 0. The molecule has 0 saturated carbocycles. The van der Waals surface area contributed by atoms with Crippen molar-refractivity contribution in [3.63, 3.8) is 0 Å². The number of nitrogens with one attached hydrogen (secondary N) is 1. The van der Waals surface area contributed by atoms with Crippen molar-refractivity contribution in [2.45, 2.75) is 18.6 Å². The lowest BCUT2D eigenvalue weighted by molar-refractivity contribution is 0.193. The third-order valence-electron chi connectivity index (χ3n) is 2.39. The van der Waals surface area contributed by atoms with Crippen molar-refractivity contribution in [3.8, 4) is 0 Å². The lowest BCUT2D eigenvalue weighted by Crippen LogP contribution is -2.15. The average Bonchev–Trinajstić information content (AvgIpc) is 2.53. The summed E-state index contributed by atoms with van der Waals surface area (Å²) in [5.41, 5.74) is 0.652. The fourth-order valence-corrected chi connectivity index (χ4v) is 1.71. The average molecular weight is 181 g/mol. The number of β-amino-alcohol motifs (C(OH)–C–C–N with tert-alkyl or cyclic N) is 1. The zero-order valence-electron chi connectivity index (χ0n) is 7.20. The van der Waals surface area contributed by atoms with Crippen molar-refractivity contribution in [1.29, 1.82) is 0 Å². The summed E-state index contributed by atoms with van der Waals surface area (Å²) in [4.78, 5) is 0. The van der Waals surface area contributed by atoms with Gasteiger partial charge in [0, 0.05) is 18.2 Å². The molecule has 0 aliphatic carbocycles. The Morgan fingerprint density at radius 2 is 2.15 bits per heavy atom. The Bertz CT molecular complexity index is 303. The van der Waals surface area contributed by atoms with Crippen molar-refractivity contribution in [1.82, 2.24) is 5.32 Å². The topological polar surface area (TPSA) is 32.3 Å². The van der Waals surface area contributed by atoms with Crippen LogP contribution in [-0.2, 0) is 0 Å². The van der Waals surface area contributed by atoms with E-state index >= 15 is 0 Å². The molecule has 1 fully saturated rings. The number of aliphatic hydroxyl groups is 1. The molecular formula is C10H12FNO. The highest BCUT2D eigenvalue weighted by Gasteiger charge is 2.24. The first-order valence-corrected chi connectivity index (χ1v) is 4.43. The van der Waals surface area contributed by atoms with E-state index in [1.807, 2.05) is 6.07 Å². The van der Waals surface area contributed by atoms with Crippen LogP contribution < -0.4 is 5.32 Å². The van der Waals surface area contributed by atoms with Gasteiger partial charge in [0.2, 0.25) is 0 Å². The van der Waals surface area contributed by atoms with Gasteiger partial charge in [0.15, 0.2) is 0 Å². The van der Waals surface area contributed by atoms with Gasteiger partial charge < -0.3 is 10.4 Å². The number of rotatable bonds is 1. The maximum absolute atomic E-state index is 13.2. The highest BCUT2D eigenvalue weighted by molar-refractivity contribution is 5.22. The molecule has 70 valence electrons. The molecule has 3 heteroatoms. The number of hydrogen-bond acceptors (Lipinski definition) is 2. The van der Waals surface area contributed by atoms with Crippen LogP contribution in [0.2, 0.25) is 0 Å². The molecule has 0 radical (unpaired) electrons. The molecule has 2 N–H and O–H groups in total. The van der Waals surface area contributed by atoms with Gasteiger partial charge in [-0.2, -0.15) is 0 Å². The minimum atomic E-state index is -0.343. The van der Waals surface area contributed by atoms with Crippen LogP contribution in [0.3, 0.4) is 0 Å². The molecule has 1 saturated heterocycles. The van der Waals surface area contributed by atoms with Crippen molar-refractivity contribution in [3.05, 3.63) is 35.6 Å². The fraction of sp³-hybridized carbons (Fsp3) is 0.400. The Kier molecular flexibility index (Phi) is 2.29. The van der Waals surface area contributed by atoms with E-state index < -0.39 is 0 Å². The second-order valence-electron chi connectivity index (χ2n) is 3.37. The molecule has 0 aromatic heterocycles. The maximum atomic E-state index is 13.2. The summed E-state index contributed by atoms with van der Waals surface area (Å²) in [5.74, 6) is -0.200. The summed E-state index contributed by atoms with van der Waals surface area (Å²) in [5, 5.41) is 12.3. The van der Waals surface area contributed by atoms with Gasteiger partial charge in [-0.1, -0.05) is 18.2 Å². The van der Waals surface area contributed by atoms with Crippen LogP contribution in [0.1, 0.15) is 18.0 Å². The standard InChI is InChI=1S/C10H12FNO/c11-9-4-2-1-3-8(9)10-5-7(13)6-12-10/h1-4,7,10,12-13H,5-6H2. The SMILES string of the molecule is OC1CNC(c2ccccc2F)C1. The zero-order chi connectivity index (χ0) is 9.26. The van der Waals surface area contributed by atoms with Crippen molar-refractivity contribution in [2.24, 2.45) is 0 Å². The Balaban J connectivity index is 2.21. The summed E-state index contributed by atoms with van der Waals surface area (Å²) < 4.78 is 13.2. The summed E-state index contributed by atoms with van der Waals surface area (Å²) in [6.07, 6.45) is 0.255. The van der Waals surface area contributed by atoms with Crippen molar-refractivity contribution in [2.75, 3.05) is 6.54 Å². The zero-order valence-corrected chi connectivity index (χ0v) is 7.20. The highest BCUT2D eigenvalue weighted by Crippen LogP contribution is 2.24. The Labute approximate surface area is 76.4 Å². The van der Waals surface area contributed by atoms with E-state index in [0.717, 1.165) is 0 Å². The Morgan fingerprint density at radius 3 is 2.77 bits per heavy atom. The number of halogens is 1. The third-order valence-corrected chi connectivity index (χ3v) is 2.39. The second-order valence-corrected chi connectivity index (χ2v) is 3.37. The van der Waals surface area contributed by atoms with Gasteiger partial charge in [0.05, 0.1) is 6.10 Å². The molecule has 2 rings (SSSR count). The van der Waals surface area contributed by atoms with Crippen LogP contribution in [0.5, 0.6) is 0 Å². The van der Waals surface area contributed by atoms with Gasteiger partial charge in [-0.25, -0.2) is 4.39 Å². The van der Waals surface area contributed by atoms with E-state index in [1.54, 1.807) is 12.1 Å². The van der Waals surface area contributed by atoms with Gasteiger partial charge in [-0.05, 0) is 12.5 Å². The van der Waals surface area contributed by atoms with E-state index in [-0.39, 0.29) is 18.0 Å². The molecule has 1 aromatic carbocycles. The normalized spacial score (nSPS) is 27.8. The summed E-state index contributed by atoms with van der Waals surface area (Å²) in [6.45, 7) is 0.555. The van der Waals surface area contributed by atoms with Gasteiger partial charge >= 0.3 is 0 Å². The molecule has 0 bridgehead atoms. The van der Waals surface area contributed by atoms with E-state index in [2.05, 4.69) is 5.32 Å². The second kappa shape index (κ2) is 3.44. The molecule has 2 unspecified atom stereocenters. The maximum Gasteiger partial charge on any atom is 0.127 e. The first-order valence-electron chi connectivity index (χ1n) is 4.43. The van der Waals surface area contributed by atoms with Crippen LogP contribution in [0, 0.1) is 5.82 Å². The van der Waals surface area contributed by atoms with Gasteiger partial charge in [-0.15, -0.1) is 0 Å². The van der Waals surface area contributed by atoms with Crippen molar-refractivity contribution < 1.29 is 9.50 Å². The van der Waals surface area contributed by atoms with Crippen LogP contribution >= 0.6 is 0 Å². The van der Waals surface area contributed by atoms with E-state index in [4.69, 9.17) is 0 Å². The monoisotopic (exact) mass is 181 g/mol. The molecule has 1 aromatic rings. The molecule has 0 amide bonds. The number of aliphatic hydroxyl groups excluding tert-OH is 1. The van der Waals surface area contributed by atoms with E-state index in [1.165, 1.54) is 6.07 Å². The molecule has 1 heterocycles. The van der Waals surface area contributed by atoms with Crippen LogP contribution in [-0.4, -0.2) is 17.8 Å². The predicted molar refractivity (Wildman–Crippen MR) is 47.8 cm³/mol. The minimum Gasteiger partial charge on any atom is -0.392 e. The summed E-state index contributed by atoms with van der Waals surface area (Å²) in [6, 6.07) is 6.65. The molecular weight excluding hydrogens is 169 g/mol. The molecule has 2 nitrogen and oxygen atoms in total. The quantitative estimate of drug-likeness (QED) is 0.682. The number of hydrogen-bond donors (Lipinski definition) is 2. The smallest absolute Gasteiger partial charge is 0.127 e. The molecule has 13 heavy (non-hydrogen) atoms. The lowest BCUT2D eigenvalue weighted by Gasteiger charge is -2.10. The Hall–Kier alpha value is -0.930. The van der Waals surface area contributed by atoms with Gasteiger partial charge in [-0.3, -0.25) is 0 Å². The molecule has 2 atom stereocenters. The van der Waals surface area contributed by atoms with E-state index in [0.29, 0.717) is 18.5 Å².